The molecule has 190 valence electrons. The molecule has 35 heavy (non-hydrogen) atoms. The number of nitrogens with zero attached hydrogens (tertiary/aromatic N) is 3. The third-order valence-electron chi connectivity index (χ3n) is 6.18. The second kappa shape index (κ2) is 9.75. The molecule has 1 amide bonds. The molecule has 1 aliphatic carbocycles. The zero-order valence-electron chi connectivity index (χ0n) is 20.9. The van der Waals surface area contributed by atoms with Crippen LogP contribution < -0.4 is 9.62 Å². The number of anilines is 1. The molecule has 1 aromatic heterocycles. The summed E-state index contributed by atoms with van der Waals surface area (Å²) in [6, 6.07) is 5.56. The predicted octanol–water partition coefficient (Wildman–Crippen LogP) is 2.86. The monoisotopic (exact) mass is 502 g/mol. The molecule has 1 N–H and O–H groups in total. The summed E-state index contributed by atoms with van der Waals surface area (Å²) in [5, 5.41) is 1.97. The fraction of sp³-hybridized carbons (Fsp3) is 0.520. The van der Waals surface area contributed by atoms with E-state index in [2.05, 4.69) is 30.7 Å². The molecule has 2 atom stereocenters. The highest BCUT2D eigenvalue weighted by atomic mass is 32.2. The number of carbonyl (C=O) groups is 1. The van der Waals surface area contributed by atoms with Gasteiger partial charge in [-0.1, -0.05) is 32.9 Å². The molecular weight excluding hydrogens is 468 g/mol. The van der Waals surface area contributed by atoms with Gasteiger partial charge in [-0.15, -0.1) is 0 Å². The average molecular weight is 503 g/mol. The van der Waals surface area contributed by atoms with Crippen LogP contribution in [0.15, 0.2) is 42.1 Å². The van der Waals surface area contributed by atoms with E-state index in [1.165, 1.54) is 11.2 Å². The van der Waals surface area contributed by atoms with Gasteiger partial charge in [0.15, 0.2) is 0 Å². The van der Waals surface area contributed by atoms with E-state index in [0.717, 1.165) is 16.9 Å². The Balaban J connectivity index is 1.62. The van der Waals surface area contributed by atoms with Crippen LogP contribution in [0.3, 0.4) is 0 Å². The Bertz CT molecular complexity index is 1270. The van der Waals surface area contributed by atoms with Gasteiger partial charge < -0.3 is 19.4 Å². The lowest BCUT2D eigenvalue weighted by molar-refractivity contribution is -0.118. The van der Waals surface area contributed by atoms with Crippen molar-refractivity contribution in [1.82, 2.24) is 14.9 Å². The Hall–Kier alpha value is -2.69. The maximum atomic E-state index is 13.3. The van der Waals surface area contributed by atoms with Gasteiger partial charge in [0.25, 0.3) is 0 Å². The standard InChI is InChI=1S/C25H34N4O5S/c1-17(30)26-18-6-9-21(10-7-18)35(31,32)28(5)19-8-11-23-22(14-19)27-24(25(2,3)4)29(23)15-20-16-33-12-13-34-20/h6-9,11,14,20-21H,10,12-13,15-16H2,1-5H3,(H,26,30). The summed E-state index contributed by atoms with van der Waals surface area (Å²) in [4.78, 5) is 16.2. The second-order valence-corrected chi connectivity index (χ2v) is 12.2. The molecule has 4 rings (SSSR count). The molecule has 2 unspecified atom stereocenters. The number of nitrogens with one attached hydrogen (secondary N) is 1. The number of sulfonamides is 1. The van der Waals surface area contributed by atoms with Crippen molar-refractivity contribution in [2.24, 2.45) is 0 Å². The van der Waals surface area contributed by atoms with E-state index in [-0.39, 0.29) is 23.8 Å². The lowest BCUT2D eigenvalue weighted by Gasteiger charge is -2.27. The first-order valence-corrected chi connectivity index (χ1v) is 13.3. The van der Waals surface area contributed by atoms with Crippen molar-refractivity contribution in [3.8, 4) is 0 Å². The summed E-state index contributed by atoms with van der Waals surface area (Å²) < 4.78 is 41.6. The van der Waals surface area contributed by atoms with Crippen molar-refractivity contribution in [3.63, 3.8) is 0 Å². The SMILES string of the molecule is CC(=O)NC1=CCC(S(=O)(=O)N(C)c2ccc3c(c2)nc(C(C)(C)C)n3CC2COCCO2)C=C1. The lowest BCUT2D eigenvalue weighted by Crippen LogP contribution is -2.36. The van der Waals surface area contributed by atoms with Gasteiger partial charge in [-0.05, 0) is 30.7 Å². The number of fused-ring (bicyclic) bond motifs is 1. The first-order valence-electron chi connectivity index (χ1n) is 11.8. The van der Waals surface area contributed by atoms with Gasteiger partial charge in [-0.2, -0.15) is 0 Å². The van der Waals surface area contributed by atoms with Crippen LogP contribution in [0.4, 0.5) is 5.69 Å². The Morgan fingerprint density at radius 1 is 1.29 bits per heavy atom. The summed E-state index contributed by atoms with van der Waals surface area (Å²) in [5.41, 5.74) is 2.61. The number of hydrogen-bond acceptors (Lipinski definition) is 6. The highest BCUT2D eigenvalue weighted by molar-refractivity contribution is 7.93. The smallest absolute Gasteiger partial charge is 0.241 e. The summed E-state index contributed by atoms with van der Waals surface area (Å²) in [5.74, 6) is 0.722. The summed E-state index contributed by atoms with van der Waals surface area (Å²) in [6.45, 7) is 10.1. The number of benzene rings is 1. The van der Waals surface area contributed by atoms with Gasteiger partial charge in [0, 0.05) is 25.1 Å². The quantitative estimate of drug-likeness (QED) is 0.652. The van der Waals surface area contributed by atoms with Gasteiger partial charge in [0.2, 0.25) is 15.9 Å². The Morgan fingerprint density at radius 3 is 2.66 bits per heavy atom. The zero-order chi connectivity index (χ0) is 25.4. The molecule has 0 spiro atoms. The Kier molecular flexibility index (Phi) is 7.08. The topological polar surface area (TPSA) is 103 Å². The molecule has 9 nitrogen and oxygen atoms in total. The maximum Gasteiger partial charge on any atom is 0.241 e. The number of carbonyl (C=O) groups excluding carboxylic acids is 1. The fourth-order valence-electron chi connectivity index (χ4n) is 4.38. The maximum absolute atomic E-state index is 13.3. The van der Waals surface area contributed by atoms with E-state index in [1.54, 1.807) is 25.3 Å². The minimum atomic E-state index is -3.67. The molecular formula is C25H34N4O5S. The summed E-state index contributed by atoms with van der Waals surface area (Å²) in [6.07, 6.45) is 5.22. The molecule has 0 saturated carbocycles. The molecule has 2 aromatic rings. The van der Waals surface area contributed by atoms with Crippen LogP contribution in [0.1, 0.15) is 39.9 Å². The minimum Gasteiger partial charge on any atom is -0.376 e. The van der Waals surface area contributed by atoms with Crippen LogP contribution in [-0.2, 0) is 36.3 Å². The number of rotatable bonds is 6. The molecule has 0 radical (unpaired) electrons. The molecule has 10 heteroatoms. The number of hydrogen-bond donors (Lipinski definition) is 1. The van der Waals surface area contributed by atoms with Gasteiger partial charge in [-0.3, -0.25) is 9.10 Å². The van der Waals surface area contributed by atoms with Crippen LogP contribution in [-0.4, -0.2) is 62.1 Å². The van der Waals surface area contributed by atoms with Crippen molar-refractivity contribution >= 4 is 32.7 Å². The average Bonchev–Trinajstić information content (AvgIpc) is 3.17. The van der Waals surface area contributed by atoms with Crippen molar-refractivity contribution in [2.45, 2.75) is 57.4 Å². The fourth-order valence-corrected chi connectivity index (χ4v) is 5.81. The van der Waals surface area contributed by atoms with Crippen molar-refractivity contribution in [3.05, 3.63) is 47.9 Å². The van der Waals surface area contributed by atoms with Gasteiger partial charge in [-0.25, -0.2) is 13.4 Å². The van der Waals surface area contributed by atoms with E-state index in [9.17, 15) is 13.2 Å². The number of imidazole rings is 1. The van der Waals surface area contributed by atoms with E-state index >= 15 is 0 Å². The molecule has 1 aromatic carbocycles. The van der Waals surface area contributed by atoms with E-state index in [0.29, 0.717) is 37.7 Å². The van der Waals surface area contributed by atoms with Crippen LogP contribution in [0.25, 0.3) is 11.0 Å². The lowest BCUT2D eigenvalue weighted by atomic mass is 9.95. The van der Waals surface area contributed by atoms with Crippen LogP contribution >= 0.6 is 0 Å². The molecule has 1 fully saturated rings. The molecule has 2 aliphatic rings. The molecule has 2 heterocycles. The van der Waals surface area contributed by atoms with Crippen molar-refractivity contribution in [1.29, 1.82) is 0 Å². The normalized spacial score (nSPS) is 21.1. The zero-order valence-corrected chi connectivity index (χ0v) is 21.8. The third kappa shape index (κ3) is 5.44. The van der Waals surface area contributed by atoms with E-state index in [1.807, 2.05) is 18.2 Å². The summed E-state index contributed by atoms with van der Waals surface area (Å²) >= 11 is 0. The Labute approximate surface area is 206 Å². The van der Waals surface area contributed by atoms with Crippen LogP contribution in [0, 0.1) is 0 Å². The van der Waals surface area contributed by atoms with Crippen LogP contribution in [0.2, 0.25) is 0 Å². The molecule has 1 saturated heterocycles. The second-order valence-electron chi connectivity index (χ2n) is 10.0. The van der Waals surface area contributed by atoms with Crippen molar-refractivity contribution in [2.75, 3.05) is 31.2 Å². The Morgan fingerprint density at radius 2 is 2.06 bits per heavy atom. The van der Waals surface area contributed by atoms with Crippen molar-refractivity contribution < 1.29 is 22.7 Å². The summed E-state index contributed by atoms with van der Waals surface area (Å²) in [7, 11) is -2.11. The minimum absolute atomic E-state index is 0.0569. The number of amides is 1. The van der Waals surface area contributed by atoms with E-state index < -0.39 is 15.3 Å². The van der Waals surface area contributed by atoms with E-state index in [4.69, 9.17) is 14.5 Å². The predicted molar refractivity (Wildman–Crippen MR) is 136 cm³/mol. The molecule has 1 aliphatic heterocycles. The third-order valence-corrected chi connectivity index (χ3v) is 8.27. The number of ether oxygens (including phenoxy) is 2. The first-order chi connectivity index (χ1) is 16.5. The number of allylic oxidation sites excluding steroid dienone is 2. The van der Waals surface area contributed by atoms with Gasteiger partial charge >= 0.3 is 0 Å². The van der Waals surface area contributed by atoms with Gasteiger partial charge in [0.1, 0.15) is 11.1 Å². The molecule has 0 bridgehead atoms. The largest absolute Gasteiger partial charge is 0.376 e. The first kappa shape index (κ1) is 25.4. The highest BCUT2D eigenvalue weighted by Crippen LogP contribution is 2.31. The van der Waals surface area contributed by atoms with Crippen LogP contribution in [0.5, 0.6) is 0 Å². The highest BCUT2D eigenvalue weighted by Gasteiger charge is 2.30. The number of aromatic nitrogens is 2. The van der Waals surface area contributed by atoms with Gasteiger partial charge in [0.05, 0.1) is 49.2 Å².